The molecule has 5 heteroatoms. The molecule has 0 fully saturated rings. The molecule has 104 valence electrons. The van der Waals surface area contributed by atoms with E-state index in [9.17, 15) is 10.1 Å². The minimum atomic E-state index is -0.341. The van der Waals surface area contributed by atoms with Crippen LogP contribution in [-0.4, -0.2) is 4.92 Å². The van der Waals surface area contributed by atoms with Gasteiger partial charge in [-0.25, -0.2) is 0 Å². The van der Waals surface area contributed by atoms with Crippen LogP contribution in [0.25, 0.3) is 0 Å². The van der Waals surface area contributed by atoms with Crippen LogP contribution < -0.4 is 5.32 Å². The number of nitro benzene ring substituents is 1. The fraction of sp³-hybridized carbons (Fsp3) is 0.200. The second-order valence-electron chi connectivity index (χ2n) is 4.51. The lowest BCUT2D eigenvalue weighted by Crippen LogP contribution is -2.14. The molecule has 0 saturated carbocycles. The molecular formula is C15H15BrN2O2. The molecule has 0 atom stereocenters. The van der Waals surface area contributed by atoms with E-state index in [2.05, 4.69) is 21.2 Å². The average molecular weight is 335 g/mol. The van der Waals surface area contributed by atoms with E-state index in [0.29, 0.717) is 13.1 Å². The van der Waals surface area contributed by atoms with E-state index >= 15 is 0 Å². The number of nitrogens with zero attached hydrogens (tertiary/aromatic N) is 1. The summed E-state index contributed by atoms with van der Waals surface area (Å²) in [6, 6.07) is 13.2. The predicted octanol–water partition coefficient (Wildman–Crippen LogP) is 3.96. The Morgan fingerprint density at radius 2 is 1.75 bits per heavy atom. The van der Waals surface area contributed by atoms with Gasteiger partial charge < -0.3 is 5.32 Å². The van der Waals surface area contributed by atoms with E-state index in [0.717, 1.165) is 21.2 Å². The smallest absolute Gasteiger partial charge is 0.272 e. The van der Waals surface area contributed by atoms with Crippen LogP contribution in [0.15, 0.2) is 46.9 Å². The zero-order valence-corrected chi connectivity index (χ0v) is 12.7. The van der Waals surface area contributed by atoms with E-state index in [1.165, 1.54) is 6.07 Å². The summed E-state index contributed by atoms with van der Waals surface area (Å²) >= 11 is 3.50. The standard InChI is InChI=1S/C15H15BrN2O2/c1-11-12(6-4-8-15(11)18(19)20)9-17-10-13-5-2-3-7-14(13)16/h2-8,17H,9-10H2,1H3. The zero-order chi connectivity index (χ0) is 14.5. The van der Waals surface area contributed by atoms with Crippen LogP contribution in [0.5, 0.6) is 0 Å². The van der Waals surface area contributed by atoms with Gasteiger partial charge in [-0.05, 0) is 24.1 Å². The van der Waals surface area contributed by atoms with Gasteiger partial charge in [0.05, 0.1) is 4.92 Å². The molecule has 0 bridgehead atoms. The lowest BCUT2D eigenvalue weighted by Gasteiger charge is -2.09. The highest BCUT2D eigenvalue weighted by molar-refractivity contribution is 9.10. The third-order valence-electron chi connectivity index (χ3n) is 3.20. The van der Waals surface area contributed by atoms with Crippen molar-refractivity contribution in [1.29, 1.82) is 0 Å². The molecule has 0 radical (unpaired) electrons. The van der Waals surface area contributed by atoms with Gasteiger partial charge in [0.25, 0.3) is 5.69 Å². The van der Waals surface area contributed by atoms with E-state index in [-0.39, 0.29) is 10.6 Å². The first-order chi connectivity index (χ1) is 9.59. The highest BCUT2D eigenvalue weighted by Gasteiger charge is 2.12. The summed E-state index contributed by atoms with van der Waals surface area (Å²) in [4.78, 5) is 10.6. The normalized spacial score (nSPS) is 10.5. The van der Waals surface area contributed by atoms with Gasteiger partial charge >= 0.3 is 0 Å². The van der Waals surface area contributed by atoms with Crippen LogP contribution >= 0.6 is 15.9 Å². The Hall–Kier alpha value is -1.72. The van der Waals surface area contributed by atoms with Crippen molar-refractivity contribution >= 4 is 21.6 Å². The molecule has 4 nitrogen and oxygen atoms in total. The third-order valence-corrected chi connectivity index (χ3v) is 3.98. The van der Waals surface area contributed by atoms with Crippen LogP contribution in [0, 0.1) is 17.0 Å². The molecule has 0 spiro atoms. The number of halogens is 1. The molecular weight excluding hydrogens is 320 g/mol. The summed E-state index contributed by atoms with van der Waals surface area (Å²) < 4.78 is 1.06. The maximum atomic E-state index is 10.9. The topological polar surface area (TPSA) is 55.2 Å². The van der Waals surface area contributed by atoms with Gasteiger partial charge in [0.2, 0.25) is 0 Å². The molecule has 0 aromatic heterocycles. The summed E-state index contributed by atoms with van der Waals surface area (Å²) in [6.07, 6.45) is 0. The molecule has 2 aromatic rings. The Morgan fingerprint density at radius 1 is 1.10 bits per heavy atom. The number of nitrogens with one attached hydrogen (secondary N) is 1. The number of hydrogen-bond acceptors (Lipinski definition) is 3. The lowest BCUT2D eigenvalue weighted by molar-refractivity contribution is -0.385. The monoisotopic (exact) mass is 334 g/mol. The Morgan fingerprint density at radius 3 is 2.45 bits per heavy atom. The maximum absolute atomic E-state index is 10.9. The maximum Gasteiger partial charge on any atom is 0.272 e. The first-order valence-electron chi connectivity index (χ1n) is 6.26. The van der Waals surface area contributed by atoms with Crippen molar-refractivity contribution in [3.63, 3.8) is 0 Å². The fourth-order valence-electron chi connectivity index (χ4n) is 2.03. The highest BCUT2D eigenvalue weighted by atomic mass is 79.9. The van der Waals surface area contributed by atoms with E-state index in [1.54, 1.807) is 13.0 Å². The first-order valence-corrected chi connectivity index (χ1v) is 7.06. The SMILES string of the molecule is Cc1c(CNCc2ccccc2Br)cccc1[N+](=O)[O-]. The molecule has 2 aromatic carbocycles. The van der Waals surface area contributed by atoms with Crippen LogP contribution in [0.1, 0.15) is 16.7 Å². The summed E-state index contributed by atoms with van der Waals surface area (Å²) in [7, 11) is 0. The van der Waals surface area contributed by atoms with Crippen molar-refractivity contribution in [1.82, 2.24) is 5.32 Å². The molecule has 20 heavy (non-hydrogen) atoms. The zero-order valence-electron chi connectivity index (χ0n) is 11.1. The average Bonchev–Trinajstić information content (AvgIpc) is 2.42. The van der Waals surface area contributed by atoms with E-state index in [1.807, 2.05) is 30.3 Å². The highest BCUT2D eigenvalue weighted by Crippen LogP contribution is 2.21. The Balaban J connectivity index is 2.03. The van der Waals surface area contributed by atoms with Crippen LogP contribution in [0.2, 0.25) is 0 Å². The predicted molar refractivity (Wildman–Crippen MR) is 82.5 cm³/mol. The van der Waals surface area contributed by atoms with Crippen molar-refractivity contribution in [3.05, 3.63) is 73.7 Å². The Labute approximate surface area is 126 Å². The molecule has 0 heterocycles. The van der Waals surface area contributed by atoms with Gasteiger partial charge in [0.1, 0.15) is 0 Å². The van der Waals surface area contributed by atoms with Crippen molar-refractivity contribution in [2.24, 2.45) is 0 Å². The second-order valence-corrected chi connectivity index (χ2v) is 5.37. The number of nitro groups is 1. The molecule has 1 N–H and O–H groups in total. The largest absolute Gasteiger partial charge is 0.309 e. The third kappa shape index (κ3) is 3.43. The van der Waals surface area contributed by atoms with Gasteiger partial charge in [-0.1, -0.05) is 46.3 Å². The minimum Gasteiger partial charge on any atom is -0.309 e. The molecule has 0 saturated heterocycles. The summed E-state index contributed by atoms with van der Waals surface area (Å²) in [5.41, 5.74) is 3.00. The van der Waals surface area contributed by atoms with Crippen molar-refractivity contribution in [3.8, 4) is 0 Å². The first kappa shape index (κ1) is 14.7. The Kier molecular flexibility index (Phi) is 4.87. The summed E-state index contributed by atoms with van der Waals surface area (Å²) in [5.74, 6) is 0. The summed E-state index contributed by atoms with van der Waals surface area (Å²) in [5, 5.41) is 14.2. The van der Waals surface area contributed by atoms with Gasteiger partial charge in [0.15, 0.2) is 0 Å². The van der Waals surface area contributed by atoms with Crippen molar-refractivity contribution < 1.29 is 4.92 Å². The van der Waals surface area contributed by atoms with Crippen LogP contribution in [0.4, 0.5) is 5.69 Å². The molecule has 0 aliphatic heterocycles. The number of benzene rings is 2. The summed E-state index contributed by atoms with van der Waals surface area (Å²) in [6.45, 7) is 3.10. The molecule has 0 aliphatic rings. The van der Waals surface area contributed by atoms with Crippen LogP contribution in [-0.2, 0) is 13.1 Å². The van der Waals surface area contributed by atoms with E-state index < -0.39 is 0 Å². The van der Waals surface area contributed by atoms with Gasteiger partial charge in [0, 0.05) is 29.2 Å². The van der Waals surface area contributed by atoms with Gasteiger partial charge in [-0.15, -0.1) is 0 Å². The fourth-order valence-corrected chi connectivity index (χ4v) is 2.46. The number of rotatable bonds is 5. The molecule has 0 amide bonds. The lowest BCUT2D eigenvalue weighted by atomic mass is 10.1. The number of hydrogen-bond donors (Lipinski definition) is 1. The van der Waals surface area contributed by atoms with Crippen LogP contribution in [0.3, 0.4) is 0 Å². The van der Waals surface area contributed by atoms with E-state index in [4.69, 9.17) is 0 Å². The van der Waals surface area contributed by atoms with Crippen molar-refractivity contribution in [2.45, 2.75) is 20.0 Å². The molecule has 2 rings (SSSR count). The Bertz CT molecular complexity index is 629. The van der Waals surface area contributed by atoms with Gasteiger partial charge in [-0.2, -0.15) is 0 Å². The second kappa shape index (κ2) is 6.63. The van der Waals surface area contributed by atoms with Gasteiger partial charge in [-0.3, -0.25) is 10.1 Å². The quantitative estimate of drug-likeness (QED) is 0.665. The molecule has 0 aliphatic carbocycles. The molecule has 0 unspecified atom stereocenters. The van der Waals surface area contributed by atoms with Crippen molar-refractivity contribution in [2.75, 3.05) is 0 Å². The minimum absolute atomic E-state index is 0.171.